The van der Waals surface area contributed by atoms with Gasteiger partial charge in [0.15, 0.2) is 0 Å². The maximum Gasteiger partial charge on any atom is 0.341 e. The van der Waals surface area contributed by atoms with E-state index >= 15 is 0 Å². The predicted molar refractivity (Wildman–Crippen MR) is 104 cm³/mol. The van der Waals surface area contributed by atoms with Crippen LogP contribution in [0.2, 0.25) is 5.02 Å². The third kappa shape index (κ3) is 5.67. The lowest BCUT2D eigenvalue weighted by Gasteiger charge is -2.14. The number of amides is 2. The van der Waals surface area contributed by atoms with E-state index in [1.165, 1.54) is 26.4 Å². The van der Waals surface area contributed by atoms with E-state index in [4.69, 9.17) is 25.8 Å². The van der Waals surface area contributed by atoms with E-state index in [1.54, 1.807) is 18.6 Å². The molecule has 30 heavy (non-hydrogen) atoms. The number of nitrogens with zero attached hydrogens (tertiary/aromatic N) is 3. The molecule has 0 atom stereocenters. The monoisotopic (exact) mass is 459 g/mol. The number of methoxy groups -OCH3 is 2. The lowest BCUT2D eigenvalue weighted by atomic mass is 10.2. The van der Waals surface area contributed by atoms with Crippen LogP contribution in [0, 0.1) is 0 Å². The van der Waals surface area contributed by atoms with Gasteiger partial charge in [0.05, 0.1) is 30.9 Å². The van der Waals surface area contributed by atoms with Gasteiger partial charge in [-0.3, -0.25) is 5.32 Å². The number of aromatic nitrogens is 3. The van der Waals surface area contributed by atoms with Crippen molar-refractivity contribution in [1.29, 1.82) is 0 Å². The fraction of sp³-hybridized carbons (Fsp3) is 0.312. The van der Waals surface area contributed by atoms with E-state index in [-0.39, 0.29) is 23.0 Å². The van der Waals surface area contributed by atoms with Crippen LogP contribution in [0.5, 0.6) is 12.0 Å². The quantitative estimate of drug-likeness (QED) is 0.582. The predicted octanol–water partition coefficient (Wildman–Crippen LogP) is 1.62. The van der Waals surface area contributed by atoms with Crippen LogP contribution in [0.1, 0.15) is 24.2 Å². The fourth-order valence-electron chi connectivity index (χ4n) is 2.08. The first-order valence-corrected chi connectivity index (χ1v) is 10.1. The standard InChI is InChI=1S/C16H18ClN5O7S/c1-8(2)29-12(23)11-9(17)6-5-7-10(11)30(25,26)22-14(24)18-13-19-15(27-3)21-16(20-13)28-4/h5-8H,1-4H3,(H2,18,19,20,21,22,24). The Morgan fingerprint density at radius 3 is 2.20 bits per heavy atom. The van der Waals surface area contributed by atoms with Crippen molar-refractivity contribution < 1.29 is 32.2 Å². The Balaban J connectivity index is 2.30. The molecule has 2 rings (SSSR count). The first kappa shape index (κ1) is 23.1. The number of carbonyl (C=O) groups is 2. The molecule has 2 amide bonds. The molecule has 2 N–H and O–H groups in total. The average molecular weight is 460 g/mol. The van der Waals surface area contributed by atoms with Crippen LogP contribution >= 0.6 is 11.6 Å². The maximum absolute atomic E-state index is 12.7. The van der Waals surface area contributed by atoms with Gasteiger partial charge in [-0.05, 0) is 26.0 Å². The van der Waals surface area contributed by atoms with E-state index in [9.17, 15) is 18.0 Å². The zero-order chi connectivity index (χ0) is 22.5. The minimum absolute atomic E-state index is 0.157. The highest BCUT2D eigenvalue weighted by molar-refractivity contribution is 7.90. The van der Waals surface area contributed by atoms with E-state index in [0.29, 0.717) is 0 Å². The molecule has 0 aliphatic rings. The van der Waals surface area contributed by atoms with Crippen molar-refractivity contribution in [1.82, 2.24) is 19.7 Å². The summed E-state index contributed by atoms with van der Waals surface area (Å²) in [5.74, 6) is -1.29. The maximum atomic E-state index is 12.7. The largest absolute Gasteiger partial charge is 0.467 e. The molecule has 0 saturated heterocycles. The zero-order valence-electron chi connectivity index (χ0n) is 16.3. The van der Waals surface area contributed by atoms with Gasteiger partial charge in [0.2, 0.25) is 5.95 Å². The van der Waals surface area contributed by atoms with Crippen molar-refractivity contribution in [3.63, 3.8) is 0 Å². The zero-order valence-corrected chi connectivity index (χ0v) is 17.9. The second-order valence-electron chi connectivity index (χ2n) is 5.76. The number of nitrogens with one attached hydrogen (secondary N) is 2. The van der Waals surface area contributed by atoms with Crippen LogP contribution in [0.15, 0.2) is 23.1 Å². The fourth-order valence-corrected chi connectivity index (χ4v) is 3.51. The van der Waals surface area contributed by atoms with Gasteiger partial charge in [-0.15, -0.1) is 4.98 Å². The van der Waals surface area contributed by atoms with Crippen molar-refractivity contribution in [2.24, 2.45) is 0 Å². The number of carbonyl (C=O) groups excluding carboxylic acids is 2. The summed E-state index contributed by atoms with van der Waals surface area (Å²) in [6.07, 6.45) is -0.519. The minimum atomic E-state index is -4.53. The van der Waals surface area contributed by atoms with Crippen LogP contribution in [0.25, 0.3) is 0 Å². The van der Waals surface area contributed by atoms with Crippen molar-refractivity contribution in [2.45, 2.75) is 24.8 Å². The summed E-state index contributed by atoms with van der Waals surface area (Å²) in [4.78, 5) is 35.2. The molecule has 1 aromatic heterocycles. The lowest BCUT2D eigenvalue weighted by molar-refractivity contribution is 0.0373. The number of hydrogen-bond donors (Lipinski definition) is 2. The Bertz CT molecular complexity index is 1040. The number of esters is 1. The highest BCUT2D eigenvalue weighted by atomic mass is 35.5. The van der Waals surface area contributed by atoms with Crippen molar-refractivity contribution >= 4 is 39.6 Å². The molecule has 0 aliphatic carbocycles. The molecule has 1 aromatic carbocycles. The first-order valence-electron chi connectivity index (χ1n) is 8.24. The van der Waals surface area contributed by atoms with E-state index < -0.39 is 38.6 Å². The van der Waals surface area contributed by atoms with Crippen molar-refractivity contribution in [3.8, 4) is 12.0 Å². The Labute approximate surface area is 177 Å². The molecule has 2 aromatic rings. The van der Waals surface area contributed by atoms with Gasteiger partial charge < -0.3 is 14.2 Å². The van der Waals surface area contributed by atoms with Crippen molar-refractivity contribution in [2.75, 3.05) is 19.5 Å². The summed E-state index contributed by atoms with van der Waals surface area (Å²) < 4.78 is 41.9. The number of hydrogen-bond acceptors (Lipinski definition) is 10. The van der Waals surface area contributed by atoms with Gasteiger partial charge in [-0.2, -0.15) is 9.97 Å². The summed E-state index contributed by atoms with van der Waals surface area (Å²) >= 11 is 6.00. The smallest absolute Gasteiger partial charge is 0.341 e. The molecular formula is C16H18ClN5O7S. The number of ether oxygens (including phenoxy) is 3. The molecule has 0 radical (unpaired) electrons. The minimum Gasteiger partial charge on any atom is -0.467 e. The molecule has 14 heteroatoms. The summed E-state index contributed by atoms with van der Waals surface area (Å²) in [7, 11) is -1.97. The number of sulfonamides is 1. The normalized spacial score (nSPS) is 11.0. The molecule has 0 fully saturated rings. The molecule has 162 valence electrons. The topological polar surface area (TPSA) is 159 Å². The van der Waals surface area contributed by atoms with Crippen LogP contribution < -0.4 is 19.5 Å². The molecule has 1 heterocycles. The van der Waals surface area contributed by atoms with Gasteiger partial charge in [-0.1, -0.05) is 17.7 Å². The van der Waals surface area contributed by atoms with Crippen molar-refractivity contribution in [3.05, 3.63) is 28.8 Å². The highest BCUT2D eigenvalue weighted by Crippen LogP contribution is 2.25. The van der Waals surface area contributed by atoms with Gasteiger partial charge in [0.25, 0.3) is 10.0 Å². The average Bonchev–Trinajstić information content (AvgIpc) is 2.66. The number of benzene rings is 1. The van der Waals surface area contributed by atoms with Gasteiger partial charge in [-0.25, -0.2) is 22.7 Å². The Kier molecular flexibility index (Phi) is 7.34. The number of rotatable bonds is 7. The number of urea groups is 1. The molecule has 0 unspecified atom stereocenters. The van der Waals surface area contributed by atoms with Crippen LogP contribution in [0.4, 0.5) is 10.7 Å². The van der Waals surface area contributed by atoms with E-state index in [1.807, 2.05) is 0 Å². The molecule has 12 nitrogen and oxygen atoms in total. The van der Waals surface area contributed by atoms with Crippen LogP contribution in [-0.2, 0) is 14.8 Å². The second kappa shape index (κ2) is 9.54. The van der Waals surface area contributed by atoms with E-state index in [0.717, 1.165) is 6.07 Å². The number of anilines is 1. The molecule has 0 spiro atoms. The Hall–Kier alpha value is -3.19. The third-order valence-corrected chi connectivity index (χ3v) is 4.91. The number of halogens is 1. The van der Waals surface area contributed by atoms with Gasteiger partial charge >= 0.3 is 24.0 Å². The first-order chi connectivity index (χ1) is 14.1. The molecule has 0 aliphatic heterocycles. The Morgan fingerprint density at radius 1 is 1.07 bits per heavy atom. The Morgan fingerprint density at radius 2 is 1.67 bits per heavy atom. The molecule has 0 bridgehead atoms. The second-order valence-corrected chi connectivity index (χ2v) is 7.82. The SMILES string of the molecule is COc1nc(NC(=O)NS(=O)(=O)c2cccc(Cl)c2C(=O)OC(C)C)nc(OC)n1. The van der Waals surface area contributed by atoms with Gasteiger partial charge in [0, 0.05) is 0 Å². The van der Waals surface area contributed by atoms with E-state index in [2.05, 4.69) is 20.3 Å². The van der Waals surface area contributed by atoms with Crippen LogP contribution in [0.3, 0.4) is 0 Å². The van der Waals surface area contributed by atoms with Crippen LogP contribution in [-0.4, -0.2) is 55.7 Å². The third-order valence-electron chi connectivity index (χ3n) is 3.22. The summed E-state index contributed by atoms with van der Waals surface area (Å²) in [5.41, 5.74) is -0.406. The van der Waals surface area contributed by atoms with Gasteiger partial charge in [0.1, 0.15) is 4.90 Å². The summed E-state index contributed by atoms with van der Waals surface area (Å²) in [5, 5.41) is 1.96. The molecule has 0 saturated carbocycles. The molecular weight excluding hydrogens is 442 g/mol. The summed E-state index contributed by atoms with van der Waals surface area (Å²) in [6, 6.07) is 2.17. The lowest BCUT2D eigenvalue weighted by Crippen LogP contribution is -2.36. The summed E-state index contributed by atoms with van der Waals surface area (Å²) in [6.45, 7) is 3.18. The highest BCUT2D eigenvalue weighted by Gasteiger charge is 2.28.